The fraction of sp³-hybridized carbons (Fsp3) is 0.350. The van der Waals surface area contributed by atoms with Crippen LogP contribution in [0.25, 0.3) is 0 Å². The van der Waals surface area contributed by atoms with Gasteiger partial charge in [-0.15, -0.1) is 0 Å². The van der Waals surface area contributed by atoms with Crippen molar-refractivity contribution < 1.29 is 23.1 Å². The summed E-state index contributed by atoms with van der Waals surface area (Å²) in [6.45, 7) is 3.38. The number of nitrogens with one attached hydrogen (secondary N) is 2. The highest BCUT2D eigenvalue weighted by atomic mass is 35.5. The van der Waals surface area contributed by atoms with Gasteiger partial charge in [-0.2, -0.15) is 0 Å². The molecule has 0 aliphatic rings. The van der Waals surface area contributed by atoms with Crippen molar-refractivity contribution in [2.24, 2.45) is 0 Å². The molecule has 0 spiro atoms. The summed E-state index contributed by atoms with van der Waals surface area (Å²) >= 11 is 11.9. The monoisotopic (exact) mass is 474 g/mol. The van der Waals surface area contributed by atoms with Crippen LogP contribution in [0.1, 0.15) is 17.5 Å². The number of aryl methyl sites for hydroxylation is 2. The topological polar surface area (TPSA) is 105 Å². The quantitative estimate of drug-likeness (QED) is 0.490. The summed E-state index contributed by atoms with van der Waals surface area (Å²) in [6, 6.07) is 9.92. The number of carbonyl (C=O) groups is 1. The number of ether oxygens (including phenoxy) is 1. The highest BCUT2D eigenvalue weighted by molar-refractivity contribution is 7.89. The molecule has 1 atom stereocenters. The van der Waals surface area contributed by atoms with Crippen molar-refractivity contribution in [1.82, 2.24) is 10.0 Å². The first-order valence-electron chi connectivity index (χ1n) is 9.18. The fourth-order valence-corrected chi connectivity index (χ4v) is 4.24. The number of rotatable bonds is 10. The predicted molar refractivity (Wildman–Crippen MR) is 117 cm³/mol. The Kier molecular flexibility index (Phi) is 8.93. The molecule has 164 valence electrons. The Balaban J connectivity index is 1.73. The molecule has 2 aromatic rings. The number of benzene rings is 2. The lowest BCUT2D eigenvalue weighted by Gasteiger charge is -2.14. The molecule has 2 rings (SSSR count). The van der Waals surface area contributed by atoms with Crippen LogP contribution in [-0.4, -0.2) is 45.2 Å². The maximum absolute atomic E-state index is 12.4. The van der Waals surface area contributed by atoms with E-state index < -0.39 is 22.0 Å². The van der Waals surface area contributed by atoms with E-state index in [0.717, 1.165) is 5.56 Å². The lowest BCUT2D eigenvalue weighted by molar-refractivity contribution is -0.121. The second kappa shape index (κ2) is 11.0. The summed E-state index contributed by atoms with van der Waals surface area (Å²) in [6.07, 6.45) is -1.05. The molecular formula is C20H24Cl2N2O5S. The minimum atomic E-state index is -3.70. The molecule has 0 fully saturated rings. The van der Waals surface area contributed by atoms with Crippen LogP contribution in [0, 0.1) is 13.8 Å². The first-order chi connectivity index (χ1) is 14.1. The Bertz CT molecular complexity index is 999. The molecule has 1 amide bonds. The number of halogens is 2. The van der Waals surface area contributed by atoms with E-state index in [4.69, 9.17) is 27.9 Å². The lowest BCUT2D eigenvalue weighted by atomic mass is 10.2. The van der Waals surface area contributed by atoms with E-state index in [9.17, 15) is 18.3 Å². The number of aliphatic hydroxyl groups is 1. The van der Waals surface area contributed by atoms with Crippen molar-refractivity contribution >= 4 is 39.1 Å². The SMILES string of the molecule is Cc1ccc(S(=O)(=O)NCCC(=O)NCC(O)COc2cccc(Cl)c2Cl)c(C)c1. The van der Waals surface area contributed by atoms with Gasteiger partial charge in [0.25, 0.3) is 0 Å². The lowest BCUT2D eigenvalue weighted by Crippen LogP contribution is -2.37. The summed E-state index contributed by atoms with van der Waals surface area (Å²) in [7, 11) is -3.70. The summed E-state index contributed by atoms with van der Waals surface area (Å²) in [5, 5.41) is 13.1. The average molecular weight is 475 g/mol. The molecule has 1 unspecified atom stereocenters. The molecule has 0 saturated heterocycles. The highest BCUT2D eigenvalue weighted by Gasteiger charge is 2.17. The van der Waals surface area contributed by atoms with Gasteiger partial charge in [0.15, 0.2) is 0 Å². The zero-order valence-corrected chi connectivity index (χ0v) is 18.9. The van der Waals surface area contributed by atoms with Gasteiger partial charge in [0.05, 0.1) is 9.92 Å². The van der Waals surface area contributed by atoms with Crippen molar-refractivity contribution in [3.8, 4) is 5.75 Å². The Hall–Kier alpha value is -1.84. The van der Waals surface area contributed by atoms with Crippen molar-refractivity contribution in [2.45, 2.75) is 31.3 Å². The van der Waals surface area contributed by atoms with Crippen LogP contribution in [0.4, 0.5) is 0 Å². The predicted octanol–water partition coefficient (Wildman–Crippen LogP) is 2.83. The van der Waals surface area contributed by atoms with Crippen molar-refractivity contribution in [2.75, 3.05) is 19.7 Å². The molecule has 0 heterocycles. The third kappa shape index (κ3) is 7.14. The maximum atomic E-state index is 12.4. The largest absolute Gasteiger partial charge is 0.489 e. The Labute approximate surface area is 186 Å². The van der Waals surface area contributed by atoms with Gasteiger partial charge in [-0.05, 0) is 37.6 Å². The average Bonchev–Trinajstić information content (AvgIpc) is 2.67. The van der Waals surface area contributed by atoms with Crippen LogP contribution in [0.15, 0.2) is 41.3 Å². The van der Waals surface area contributed by atoms with E-state index in [0.29, 0.717) is 16.3 Å². The minimum Gasteiger partial charge on any atom is -0.489 e. The highest BCUT2D eigenvalue weighted by Crippen LogP contribution is 2.31. The number of carbonyl (C=O) groups excluding carboxylic acids is 1. The molecule has 7 nitrogen and oxygen atoms in total. The van der Waals surface area contributed by atoms with Crippen molar-refractivity contribution in [3.05, 3.63) is 57.6 Å². The van der Waals surface area contributed by atoms with Gasteiger partial charge < -0.3 is 15.2 Å². The summed E-state index contributed by atoms with van der Waals surface area (Å²) in [5.41, 5.74) is 1.60. The number of aliphatic hydroxyl groups excluding tert-OH is 1. The second-order valence-electron chi connectivity index (χ2n) is 6.74. The Morgan fingerprint density at radius 3 is 2.63 bits per heavy atom. The van der Waals surface area contributed by atoms with Gasteiger partial charge in [-0.25, -0.2) is 13.1 Å². The molecule has 0 radical (unpaired) electrons. The smallest absolute Gasteiger partial charge is 0.240 e. The van der Waals surface area contributed by atoms with Crippen molar-refractivity contribution in [1.29, 1.82) is 0 Å². The van der Waals surface area contributed by atoms with Crippen LogP contribution < -0.4 is 14.8 Å². The normalized spacial score (nSPS) is 12.4. The molecule has 2 aromatic carbocycles. The van der Waals surface area contributed by atoms with E-state index >= 15 is 0 Å². The van der Waals surface area contributed by atoms with Gasteiger partial charge in [-0.3, -0.25) is 4.79 Å². The zero-order valence-electron chi connectivity index (χ0n) is 16.6. The molecular weight excluding hydrogens is 451 g/mol. The number of hydrogen-bond donors (Lipinski definition) is 3. The third-order valence-corrected chi connectivity index (χ3v) is 6.57. The Morgan fingerprint density at radius 2 is 1.93 bits per heavy atom. The number of amides is 1. The van der Waals surface area contributed by atoms with E-state index in [2.05, 4.69) is 10.0 Å². The molecule has 0 saturated carbocycles. The summed E-state index contributed by atoms with van der Waals surface area (Å²) < 4.78 is 32.5. The Morgan fingerprint density at radius 1 is 1.20 bits per heavy atom. The van der Waals surface area contributed by atoms with Gasteiger partial charge in [0, 0.05) is 19.5 Å². The molecule has 3 N–H and O–H groups in total. The molecule has 30 heavy (non-hydrogen) atoms. The van der Waals surface area contributed by atoms with Gasteiger partial charge >= 0.3 is 0 Å². The zero-order chi connectivity index (χ0) is 22.3. The minimum absolute atomic E-state index is 0.0547. The second-order valence-corrected chi connectivity index (χ2v) is 9.26. The summed E-state index contributed by atoms with van der Waals surface area (Å²) in [4.78, 5) is 12.1. The maximum Gasteiger partial charge on any atom is 0.240 e. The fourth-order valence-electron chi connectivity index (χ4n) is 2.64. The number of hydrogen-bond acceptors (Lipinski definition) is 5. The number of sulfonamides is 1. The van der Waals surface area contributed by atoms with E-state index in [-0.39, 0.29) is 36.0 Å². The molecule has 10 heteroatoms. The molecule has 0 bridgehead atoms. The van der Waals surface area contributed by atoms with Gasteiger partial charge in [-0.1, -0.05) is 47.0 Å². The molecule has 0 aromatic heterocycles. The third-order valence-electron chi connectivity index (χ3n) is 4.15. The van der Waals surface area contributed by atoms with Gasteiger partial charge in [0.1, 0.15) is 23.5 Å². The molecule has 0 aliphatic carbocycles. The van der Waals surface area contributed by atoms with E-state index in [1.54, 1.807) is 37.3 Å². The van der Waals surface area contributed by atoms with Crippen LogP contribution >= 0.6 is 23.2 Å². The van der Waals surface area contributed by atoms with Crippen LogP contribution in [0.3, 0.4) is 0 Å². The van der Waals surface area contributed by atoms with Crippen LogP contribution in [0.5, 0.6) is 5.75 Å². The van der Waals surface area contributed by atoms with E-state index in [1.807, 2.05) is 6.92 Å². The van der Waals surface area contributed by atoms with Crippen LogP contribution in [-0.2, 0) is 14.8 Å². The first kappa shape index (κ1) is 24.4. The summed E-state index contributed by atoms with van der Waals surface area (Å²) in [5.74, 6) is -0.0754. The van der Waals surface area contributed by atoms with E-state index in [1.165, 1.54) is 6.07 Å². The van der Waals surface area contributed by atoms with Gasteiger partial charge in [0.2, 0.25) is 15.9 Å². The first-order valence-corrected chi connectivity index (χ1v) is 11.4. The standard InChI is InChI=1S/C20H24Cl2N2O5S/c1-13-6-7-18(14(2)10-13)30(27,28)24-9-8-19(26)23-11-15(25)12-29-17-5-3-4-16(21)20(17)22/h3-7,10,15,24-25H,8-9,11-12H2,1-2H3,(H,23,26). The van der Waals surface area contributed by atoms with Crippen molar-refractivity contribution in [3.63, 3.8) is 0 Å². The molecule has 0 aliphatic heterocycles. The van der Waals surface area contributed by atoms with Crippen LogP contribution in [0.2, 0.25) is 10.0 Å².